The number of hydrogen-bond acceptors (Lipinski definition) is 7. The molecule has 2 N–H and O–H groups in total. The van der Waals surface area contributed by atoms with Crippen molar-refractivity contribution in [2.24, 2.45) is 0 Å². The Morgan fingerprint density at radius 2 is 1.94 bits per heavy atom. The summed E-state index contributed by atoms with van der Waals surface area (Å²) in [5.74, 6) is 2.57. The van der Waals surface area contributed by atoms with E-state index < -0.39 is 0 Å². The van der Waals surface area contributed by atoms with Crippen LogP contribution in [-0.2, 0) is 6.42 Å². The molecule has 0 saturated heterocycles. The second-order valence-electron chi connectivity index (χ2n) is 8.41. The molecule has 2 aromatic carbocycles. The van der Waals surface area contributed by atoms with E-state index in [1.165, 1.54) is 12.1 Å². The summed E-state index contributed by atoms with van der Waals surface area (Å²) in [7, 11) is 0. The zero-order valence-corrected chi connectivity index (χ0v) is 20.0. The Hall–Kier alpha value is -4.01. The van der Waals surface area contributed by atoms with Crippen LogP contribution < -0.4 is 15.4 Å². The van der Waals surface area contributed by atoms with E-state index in [0.717, 1.165) is 53.4 Å². The van der Waals surface area contributed by atoms with Crippen LogP contribution in [0.15, 0.2) is 48.8 Å². The smallest absolute Gasteiger partial charge is 0.229 e. The van der Waals surface area contributed by atoms with Crippen LogP contribution in [0.1, 0.15) is 48.8 Å². The molecule has 9 heteroatoms. The van der Waals surface area contributed by atoms with Crippen LogP contribution in [0, 0.1) is 12.7 Å². The molecule has 4 aromatic rings. The number of benzene rings is 2. The Kier molecular flexibility index (Phi) is 6.31. The maximum atomic E-state index is 13.5. The lowest BCUT2D eigenvalue weighted by Crippen LogP contribution is -2.10. The van der Waals surface area contributed by atoms with Crippen LogP contribution in [0.4, 0.5) is 21.8 Å². The minimum absolute atomic E-state index is 0.100. The van der Waals surface area contributed by atoms with Gasteiger partial charge < -0.3 is 15.4 Å². The quantitative estimate of drug-likeness (QED) is 0.365. The molecule has 35 heavy (non-hydrogen) atoms. The molecular weight excluding hydrogens is 445 g/mol. The third-order valence-corrected chi connectivity index (χ3v) is 6.04. The van der Waals surface area contributed by atoms with Gasteiger partial charge >= 0.3 is 0 Å². The van der Waals surface area contributed by atoms with Crippen LogP contribution >= 0.6 is 0 Å². The molecule has 0 saturated carbocycles. The summed E-state index contributed by atoms with van der Waals surface area (Å²) in [6, 6.07) is 12.5. The van der Waals surface area contributed by atoms with Crippen molar-refractivity contribution in [1.29, 1.82) is 0 Å². The fraction of sp³-hybridized carbons (Fsp3) is 0.308. The van der Waals surface area contributed by atoms with Crippen molar-refractivity contribution in [3.63, 3.8) is 0 Å². The number of ether oxygens (including phenoxy) is 1. The van der Waals surface area contributed by atoms with Crippen LogP contribution in [0.5, 0.6) is 5.75 Å². The highest BCUT2D eigenvalue weighted by Crippen LogP contribution is 2.40. The Morgan fingerprint density at radius 1 is 1.11 bits per heavy atom. The highest BCUT2D eigenvalue weighted by atomic mass is 19.1. The van der Waals surface area contributed by atoms with Gasteiger partial charge in [-0.05, 0) is 63.4 Å². The van der Waals surface area contributed by atoms with Crippen molar-refractivity contribution in [3.8, 4) is 11.4 Å². The van der Waals surface area contributed by atoms with E-state index in [1.807, 2.05) is 51.1 Å². The van der Waals surface area contributed by atoms with E-state index >= 15 is 0 Å². The lowest BCUT2D eigenvalue weighted by molar-refractivity contribution is 0.338. The van der Waals surface area contributed by atoms with Gasteiger partial charge in [0, 0.05) is 29.8 Å². The minimum atomic E-state index is -0.236. The van der Waals surface area contributed by atoms with Gasteiger partial charge in [0.2, 0.25) is 5.95 Å². The van der Waals surface area contributed by atoms with Crippen molar-refractivity contribution in [3.05, 3.63) is 77.3 Å². The molecule has 5 rings (SSSR count). The number of anilines is 3. The third kappa shape index (κ3) is 4.66. The van der Waals surface area contributed by atoms with E-state index in [2.05, 4.69) is 20.7 Å². The van der Waals surface area contributed by atoms with Crippen LogP contribution in [0.2, 0.25) is 0 Å². The molecule has 0 amide bonds. The molecule has 0 spiro atoms. The first-order valence-corrected chi connectivity index (χ1v) is 11.9. The molecule has 8 nitrogen and oxygen atoms in total. The highest BCUT2D eigenvalue weighted by Gasteiger charge is 2.29. The number of fused-ring (bicyclic) bond motifs is 1. The van der Waals surface area contributed by atoms with Crippen molar-refractivity contribution in [2.45, 2.75) is 39.5 Å². The molecule has 1 aliphatic rings. The number of halogens is 1. The van der Waals surface area contributed by atoms with Gasteiger partial charge in [-0.3, -0.25) is 0 Å². The van der Waals surface area contributed by atoms with E-state index in [0.29, 0.717) is 24.1 Å². The maximum Gasteiger partial charge on any atom is 0.229 e. The second kappa shape index (κ2) is 9.69. The number of nitrogens with zero attached hydrogens (tertiary/aromatic N) is 5. The molecule has 0 bridgehead atoms. The highest BCUT2D eigenvalue weighted by molar-refractivity contribution is 5.64. The first kappa shape index (κ1) is 22.8. The van der Waals surface area contributed by atoms with Crippen LogP contribution in [0.25, 0.3) is 5.69 Å². The fourth-order valence-corrected chi connectivity index (χ4v) is 4.49. The van der Waals surface area contributed by atoms with Crippen LogP contribution in [0.3, 0.4) is 0 Å². The average molecular weight is 474 g/mol. The van der Waals surface area contributed by atoms with Crippen LogP contribution in [-0.4, -0.2) is 37.9 Å². The molecule has 1 unspecified atom stereocenters. The Labute approximate surface area is 203 Å². The maximum absolute atomic E-state index is 13.5. The Balaban J connectivity index is 1.49. The van der Waals surface area contributed by atoms with Gasteiger partial charge in [-0.2, -0.15) is 10.1 Å². The van der Waals surface area contributed by atoms with Gasteiger partial charge in [0.05, 0.1) is 12.3 Å². The Morgan fingerprint density at radius 3 is 2.66 bits per heavy atom. The summed E-state index contributed by atoms with van der Waals surface area (Å²) in [5.41, 5.74) is 4.76. The summed E-state index contributed by atoms with van der Waals surface area (Å²) in [6.45, 7) is 7.11. The first-order chi connectivity index (χ1) is 17.1. The first-order valence-electron chi connectivity index (χ1n) is 11.9. The van der Waals surface area contributed by atoms with E-state index in [9.17, 15) is 4.39 Å². The van der Waals surface area contributed by atoms with E-state index in [-0.39, 0.29) is 11.7 Å². The van der Waals surface area contributed by atoms with Gasteiger partial charge in [-0.25, -0.2) is 19.0 Å². The molecule has 180 valence electrons. The average Bonchev–Trinajstić information content (AvgIpc) is 3.47. The summed E-state index contributed by atoms with van der Waals surface area (Å²) < 4.78 is 21.1. The summed E-state index contributed by atoms with van der Waals surface area (Å²) in [5, 5.41) is 11.1. The number of aromatic nitrogens is 5. The van der Waals surface area contributed by atoms with Gasteiger partial charge in [-0.1, -0.05) is 12.1 Å². The van der Waals surface area contributed by atoms with Crippen molar-refractivity contribution in [2.75, 3.05) is 23.8 Å². The fourth-order valence-electron chi connectivity index (χ4n) is 4.49. The zero-order valence-electron chi connectivity index (χ0n) is 20.0. The van der Waals surface area contributed by atoms with Crippen molar-refractivity contribution in [1.82, 2.24) is 24.7 Å². The molecule has 2 heterocycles. The normalized spacial score (nSPS) is 14.6. The van der Waals surface area contributed by atoms with Gasteiger partial charge in [0.15, 0.2) is 0 Å². The number of hydrogen-bond donors (Lipinski definition) is 2. The third-order valence-electron chi connectivity index (χ3n) is 6.04. The summed E-state index contributed by atoms with van der Waals surface area (Å²) in [6.07, 6.45) is 3.46. The van der Waals surface area contributed by atoms with Gasteiger partial charge in [0.1, 0.15) is 35.2 Å². The van der Waals surface area contributed by atoms with Crippen molar-refractivity contribution >= 4 is 17.5 Å². The molecule has 0 radical (unpaired) electrons. The predicted octanol–water partition coefficient (Wildman–Crippen LogP) is 5.16. The molecule has 0 fully saturated rings. The molecule has 2 aromatic heterocycles. The van der Waals surface area contributed by atoms with E-state index in [1.54, 1.807) is 11.0 Å². The Bertz CT molecular complexity index is 1340. The van der Waals surface area contributed by atoms with Gasteiger partial charge in [-0.15, -0.1) is 0 Å². The topological polar surface area (TPSA) is 89.8 Å². The van der Waals surface area contributed by atoms with Gasteiger partial charge in [0.25, 0.3) is 0 Å². The molecule has 1 aliphatic carbocycles. The summed E-state index contributed by atoms with van der Waals surface area (Å²) >= 11 is 0. The molecule has 1 atom stereocenters. The summed E-state index contributed by atoms with van der Waals surface area (Å²) in [4.78, 5) is 13.9. The van der Waals surface area contributed by atoms with E-state index in [4.69, 9.17) is 14.7 Å². The number of nitrogens with one attached hydrogen (secondary N) is 2. The molecular formula is C26H28FN7O. The lowest BCUT2D eigenvalue weighted by Gasteiger charge is -2.16. The largest absolute Gasteiger partial charge is 0.492 e. The molecule has 0 aliphatic heterocycles. The predicted molar refractivity (Wildman–Crippen MR) is 133 cm³/mol. The lowest BCUT2D eigenvalue weighted by atomic mass is 9.97. The SMILES string of the molecule is CCNc1nc(Nc2ccc(-n3cnc(C)n3)c(OCC)c2)nc2c1CCC2c1ccc(F)cc1. The standard InChI is InChI=1S/C26H28FN7O/c1-4-28-25-21-12-11-20(17-6-8-18(27)9-7-17)24(21)31-26(32-25)30-19-10-13-22(23(14-19)35-5-2)34-15-29-16(3)33-34/h6-10,13-15,20H,4-5,11-12H2,1-3H3,(H2,28,30,31,32). The zero-order chi connectivity index (χ0) is 24.4. The van der Waals surface area contributed by atoms with Crippen molar-refractivity contribution < 1.29 is 9.13 Å². The number of aryl methyl sites for hydroxylation is 1. The number of rotatable bonds is 8. The minimum Gasteiger partial charge on any atom is -0.492 e. The monoisotopic (exact) mass is 473 g/mol. The second-order valence-corrected chi connectivity index (χ2v) is 8.41.